The Balaban J connectivity index is 1.91. The van der Waals surface area contributed by atoms with E-state index in [1.165, 1.54) is 23.1 Å². The van der Waals surface area contributed by atoms with E-state index in [1.54, 1.807) is 7.11 Å². The van der Waals surface area contributed by atoms with Gasteiger partial charge in [-0.15, -0.1) is 10.2 Å². The van der Waals surface area contributed by atoms with Gasteiger partial charge < -0.3 is 15.8 Å². The minimum atomic E-state index is -0.872. The zero-order chi connectivity index (χ0) is 15.9. The number of nitrogens with one attached hydrogen (secondary N) is 2. The summed E-state index contributed by atoms with van der Waals surface area (Å²) in [7, 11) is 1.59. The molecule has 1 aromatic heterocycles. The van der Waals surface area contributed by atoms with Crippen molar-refractivity contribution in [3.8, 4) is 5.75 Å². The highest BCUT2D eigenvalue weighted by molar-refractivity contribution is 8.01. The second kappa shape index (κ2) is 7.61. The molecule has 0 aliphatic carbocycles. The maximum absolute atomic E-state index is 11.3. The quantitative estimate of drug-likeness (QED) is 0.683. The van der Waals surface area contributed by atoms with Crippen LogP contribution in [0.5, 0.6) is 5.75 Å². The van der Waals surface area contributed by atoms with Gasteiger partial charge in [-0.05, 0) is 12.1 Å². The summed E-state index contributed by atoms with van der Waals surface area (Å²) >= 11 is 2.46. The third-order valence-electron chi connectivity index (χ3n) is 2.32. The van der Waals surface area contributed by atoms with Crippen molar-refractivity contribution in [1.82, 2.24) is 15.5 Å². The number of benzene rings is 1. The highest BCUT2D eigenvalue weighted by atomic mass is 32.2. The van der Waals surface area contributed by atoms with Gasteiger partial charge in [-0.3, -0.25) is 10.1 Å². The van der Waals surface area contributed by atoms with Crippen molar-refractivity contribution in [3.05, 3.63) is 24.3 Å². The number of ether oxygens (including phenoxy) is 1. The van der Waals surface area contributed by atoms with E-state index in [4.69, 9.17) is 10.5 Å². The van der Waals surface area contributed by atoms with Crippen molar-refractivity contribution >= 4 is 45.9 Å². The van der Waals surface area contributed by atoms with Crippen LogP contribution in [-0.4, -0.2) is 35.0 Å². The van der Waals surface area contributed by atoms with Crippen LogP contribution >= 0.6 is 23.1 Å². The molecule has 2 aromatic rings. The Kier molecular flexibility index (Phi) is 5.55. The lowest BCUT2D eigenvalue weighted by Gasteiger charge is -2.04. The third kappa shape index (κ3) is 4.90. The van der Waals surface area contributed by atoms with E-state index in [0.717, 1.165) is 11.4 Å². The molecule has 10 heteroatoms. The fourth-order valence-corrected chi connectivity index (χ4v) is 3.02. The smallest absolute Gasteiger partial charge is 0.318 e. The van der Waals surface area contributed by atoms with Crippen molar-refractivity contribution < 1.29 is 14.3 Å². The molecule has 116 valence electrons. The number of methoxy groups -OCH3 is 1. The molecule has 0 radical (unpaired) electrons. The first-order valence-electron chi connectivity index (χ1n) is 6.03. The molecule has 1 heterocycles. The predicted molar refractivity (Wildman–Crippen MR) is 84.6 cm³/mol. The topological polar surface area (TPSA) is 119 Å². The van der Waals surface area contributed by atoms with Crippen molar-refractivity contribution in [3.63, 3.8) is 0 Å². The molecule has 0 saturated carbocycles. The average Bonchev–Trinajstić information content (AvgIpc) is 2.92. The van der Waals surface area contributed by atoms with Crippen LogP contribution in [0, 0.1) is 0 Å². The van der Waals surface area contributed by atoms with Crippen molar-refractivity contribution in [2.24, 2.45) is 5.73 Å². The summed E-state index contributed by atoms with van der Waals surface area (Å²) in [6.07, 6.45) is 0. The Hall–Kier alpha value is -2.33. The first-order chi connectivity index (χ1) is 10.6. The summed E-state index contributed by atoms with van der Waals surface area (Å²) < 4.78 is 5.74. The number of nitrogens with two attached hydrogens (primary N) is 1. The Morgan fingerprint density at radius 1 is 1.41 bits per heavy atom. The number of urea groups is 1. The van der Waals surface area contributed by atoms with Crippen LogP contribution in [0.3, 0.4) is 0 Å². The molecule has 0 aliphatic rings. The lowest BCUT2D eigenvalue weighted by Crippen LogP contribution is -2.36. The molecular formula is C12H13N5O3S2. The standard InChI is InChI=1S/C12H13N5O3S2/c1-20-8-4-2-3-7(5-8)14-11-16-17-12(22-11)21-6-9(18)15-10(13)19/h2-5H,6H2,1H3,(H,14,16)(H3,13,15,18,19). The SMILES string of the molecule is COc1cccc(Nc2nnc(SCC(=O)NC(N)=O)s2)c1. The molecule has 0 bridgehead atoms. The number of imide groups is 1. The number of anilines is 2. The normalized spacial score (nSPS) is 10.0. The maximum atomic E-state index is 11.3. The second-order valence-corrected chi connectivity index (χ2v) is 6.13. The third-order valence-corrected chi connectivity index (χ3v) is 4.29. The van der Waals surface area contributed by atoms with E-state index >= 15 is 0 Å². The van der Waals surface area contributed by atoms with Gasteiger partial charge in [0.1, 0.15) is 5.75 Å². The number of amides is 3. The minimum absolute atomic E-state index is 0.0384. The molecule has 1 aromatic carbocycles. The van der Waals surface area contributed by atoms with Gasteiger partial charge >= 0.3 is 6.03 Å². The Bertz CT molecular complexity index is 676. The zero-order valence-corrected chi connectivity index (χ0v) is 13.2. The van der Waals surface area contributed by atoms with Crippen molar-refractivity contribution in [2.45, 2.75) is 4.34 Å². The van der Waals surface area contributed by atoms with E-state index in [0.29, 0.717) is 9.47 Å². The molecule has 0 unspecified atom stereocenters. The van der Waals surface area contributed by atoms with Crippen LogP contribution in [0.2, 0.25) is 0 Å². The van der Waals surface area contributed by atoms with E-state index in [-0.39, 0.29) is 5.75 Å². The van der Waals surface area contributed by atoms with Gasteiger partial charge in [0.15, 0.2) is 4.34 Å². The number of thioether (sulfide) groups is 1. The molecule has 0 atom stereocenters. The van der Waals surface area contributed by atoms with E-state index in [2.05, 4.69) is 15.5 Å². The van der Waals surface area contributed by atoms with Crippen molar-refractivity contribution in [2.75, 3.05) is 18.2 Å². The Labute approximate surface area is 134 Å². The highest BCUT2D eigenvalue weighted by Gasteiger charge is 2.09. The van der Waals surface area contributed by atoms with Crippen LogP contribution in [0.1, 0.15) is 0 Å². The van der Waals surface area contributed by atoms with Crippen LogP contribution < -0.4 is 21.1 Å². The molecule has 3 amide bonds. The number of primary amides is 1. The minimum Gasteiger partial charge on any atom is -0.497 e. The number of carbonyl (C=O) groups is 2. The Morgan fingerprint density at radius 3 is 2.95 bits per heavy atom. The summed E-state index contributed by atoms with van der Waals surface area (Å²) in [5.41, 5.74) is 5.67. The summed E-state index contributed by atoms with van der Waals surface area (Å²) in [5.74, 6) is 0.291. The summed E-state index contributed by atoms with van der Waals surface area (Å²) in [6.45, 7) is 0. The predicted octanol–water partition coefficient (Wildman–Crippen LogP) is 1.58. The van der Waals surface area contributed by atoms with Gasteiger partial charge in [0.2, 0.25) is 11.0 Å². The first-order valence-corrected chi connectivity index (χ1v) is 7.83. The summed E-state index contributed by atoms with van der Waals surface area (Å²) in [5, 5.41) is 13.6. The lowest BCUT2D eigenvalue weighted by atomic mass is 10.3. The number of hydrogen-bond donors (Lipinski definition) is 3. The van der Waals surface area contributed by atoms with Gasteiger partial charge in [-0.25, -0.2) is 4.79 Å². The number of carbonyl (C=O) groups excluding carboxylic acids is 2. The van der Waals surface area contributed by atoms with E-state index in [9.17, 15) is 9.59 Å². The molecule has 4 N–H and O–H groups in total. The van der Waals surface area contributed by atoms with Gasteiger partial charge in [-0.2, -0.15) is 0 Å². The first kappa shape index (κ1) is 16.0. The molecule has 2 rings (SSSR count). The number of rotatable bonds is 6. The summed E-state index contributed by atoms with van der Waals surface area (Å²) in [6, 6.07) is 6.52. The molecule has 0 saturated heterocycles. The zero-order valence-electron chi connectivity index (χ0n) is 11.5. The molecule has 0 fully saturated rings. The van der Waals surface area contributed by atoms with Gasteiger partial charge in [-0.1, -0.05) is 29.2 Å². The van der Waals surface area contributed by atoms with E-state index < -0.39 is 11.9 Å². The largest absolute Gasteiger partial charge is 0.497 e. The highest BCUT2D eigenvalue weighted by Crippen LogP contribution is 2.28. The Morgan fingerprint density at radius 2 is 2.23 bits per heavy atom. The fraction of sp³-hybridized carbons (Fsp3) is 0.167. The average molecular weight is 339 g/mol. The number of aromatic nitrogens is 2. The van der Waals surface area contributed by atoms with Crippen LogP contribution in [0.4, 0.5) is 15.6 Å². The van der Waals surface area contributed by atoms with Gasteiger partial charge in [0, 0.05) is 11.8 Å². The molecule has 0 spiro atoms. The summed E-state index contributed by atoms with van der Waals surface area (Å²) in [4.78, 5) is 21.8. The number of hydrogen-bond acceptors (Lipinski definition) is 8. The van der Waals surface area contributed by atoms with Gasteiger partial charge in [0.25, 0.3) is 0 Å². The monoisotopic (exact) mass is 339 g/mol. The van der Waals surface area contributed by atoms with Crippen LogP contribution in [0.25, 0.3) is 0 Å². The maximum Gasteiger partial charge on any atom is 0.318 e. The van der Waals surface area contributed by atoms with Gasteiger partial charge in [0.05, 0.1) is 12.9 Å². The molecule has 22 heavy (non-hydrogen) atoms. The van der Waals surface area contributed by atoms with Crippen LogP contribution in [-0.2, 0) is 4.79 Å². The molecule has 0 aliphatic heterocycles. The van der Waals surface area contributed by atoms with Crippen LogP contribution in [0.15, 0.2) is 28.6 Å². The van der Waals surface area contributed by atoms with E-state index in [1.807, 2.05) is 29.6 Å². The number of nitrogens with zero attached hydrogens (tertiary/aromatic N) is 2. The lowest BCUT2D eigenvalue weighted by molar-refractivity contribution is -0.117. The molecular weight excluding hydrogens is 326 g/mol. The second-order valence-electron chi connectivity index (χ2n) is 3.93. The fourth-order valence-electron chi connectivity index (χ4n) is 1.44. The molecule has 8 nitrogen and oxygen atoms in total. The van der Waals surface area contributed by atoms with Crippen molar-refractivity contribution in [1.29, 1.82) is 0 Å².